The summed E-state index contributed by atoms with van der Waals surface area (Å²) in [6, 6.07) is 1.61. The first kappa shape index (κ1) is 17.6. The van der Waals surface area contributed by atoms with E-state index in [9.17, 15) is 4.79 Å². The van der Waals surface area contributed by atoms with Crippen LogP contribution in [0.3, 0.4) is 0 Å². The van der Waals surface area contributed by atoms with Crippen LogP contribution in [0, 0.1) is 0 Å². The average molecular weight is 299 g/mol. The smallest absolute Gasteiger partial charge is 0.268 e. The van der Waals surface area contributed by atoms with Gasteiger partial charge in [0.05, 0.1) is 31.6 Å². The second-order valence-corrected chi connectivity index (χ2v) is 4.40. The van der Waals surface area contributed by atoms with Gasteiger partial charge in [-0.05, 0) is 19.9 Å². The van der Waals surface area contributed by atoms with Crippen LogP contribution in [0.25, 0.3) is 0 Å². The molecule has 7 heteroatoms. The Labute approximate surface area is 125 Å². The molecule has 0 saturated carbocycles. The molecule has 0 saturated heterocycles. The van der Waals surface area contributed by atoms with Crippen molar-refractivity contribution in [2.24, 2.45) is 5.84 Å². The molecule has 120 valence electrons. The van der Waals surface area contributed by atoms with Gasteiger partial charge in [0.1, 0.15) is 5.76 Å². The predicted molar refractivity (Wildman–Crippen MR) is 78.6 cm³/mol. The van der Waals surface area contributed by atoms with Crippen LogP contribution in [-0.2, 0) is 16.0 Å². The monoisotopic (exact) mass is 299 g/mol. The highest BCUT2D eigenvalue weighted by molar-refractivity contribution is 5.94. The van der Waals surface area contributed by atoms with E-state index >= 15 is 0 Å². The van der Waals surface area contributed by atoms with E-state index < -0.39 is 0 Å². The lowest BCUT2D eigenvalue weighted by molar-refractivity contribution is 0.0764. The van der Waals surface area contributed by atoms with Crippen molar-refractivity contribution in [2.45, 2.75) is 20.4 Å². The summed E-state index contributed by atoms with van der Waals surface area (Å²) in [4.78, 5) is 13.8. The molecule has 0 aromatic carbocycles. The summed E-state index contributed by atoms with van der Waals surface area (Å²) < 4.78 is 16.1. The summed E-state index contributed by atoms with van der Waals surface area (Å²) in [6.07, 6.45) is 1.49. The van der Waals surface area contributed by atoms with Crippen LogP contribution in [0.15, 0.2) is 16.7 Å². The van der Waals surface area contributed by atoms with Crippen molar-refractivity contribution in [3.05, 3.63) is 23.7 Å². The Morgan fingerprint density at radius 3 is 2.43 bits per heavy atom. The van der Waals surface area contributed by atoms with Crippen LogP contribution in [0.4, 0.5) is 0 Å². The Balaban J connectivity index is 2.61. The van der Waals surface area contributed by atoms with Crippen molar-refractivity contribution in [1.82, 2.24) is 10.3 Å². The minimum absolute atomic E-state index is 0.353. The van der Waals surface area contributed by atoms with E-state index in [1.54, 1.807) is 6.07 Å². The first-order valence-corrected chi connectivity index (χ1v) is 7.18. The largest absolute Gasteiger partial charge is 0.467 e. The van der Waals surface area contributed by atoms with Crippen LogP contribution in [0.2, 0.25) is 0 Å². The lowest BCUT2D eigenvalue weighted by atomic mass is 10.2. The van der Waals surface area contributed by atoms with Gasteiger partial charge in [-0.1, -0.05) is 0 Å². The maximum absolute atomic E-state index is 11.6. The van der Waals surface area contributed by atoms with E-state index in [2.05, 4.69) is 10.3 Å². The van der Waals surface area contributed by atoms with Crippen LogP contribution < -0.4 is 11.3 Å². The van der Waals surface area contributed by atoms with Gasteiger partial charge in [-0.3, -0.25) is 15.1 Å². The molecule has 1 amide bonds. The first-order chi connectivity index (χ1) is 10.2. The number of nitrogens with one attached hydrogen (secondary N) is 1. The molecular formula is C14H25N3O4. The molecule has 0 aliphatic rings. The summed E-state index contributed by atoms with van der Waals surface area (Å²) in [5.74, 6) is 5.40. The van der Waals surface area contributed by atoms with Gasteiger partial charge < -0.3 is 13.9 Å². The number of carbonyl (C=O) groups excluding carboxylic acids is 1. The molecule has 0 radical (unpaired) electrons. The fraction of sp³-hybridized carbons (Fsp3) is 0.643. The van der Waals surface area contributed by atoms with E-state index in [1.807, 2.05) is 13.8 Å². The Morgan fingerprint density at radius 2 is 1.90 bits per heavy atom. The Morgan fingerprint density at radius 1 is 1.29 bits per heavy atom. The molecular weight excluding hydrogens is 274 g/mol. The molecule has 0 unspecified atom stereocenters. The van der Waals surface area contributed by atoms with E-state index in [0.717, 1.165) is 13.1 Å². The van der Waals surface area contributed by atoms with Gasteiger partial charge in [-0.2, -0.15) is 0 Å². The quantitative estimate of drug-likeness (QED) is 0.271. The van der Waals surface area contributed by atoms with Gasteiger partial charge in [0.2, 0.25) is 0 Å². The molecule has 0 atom stereocenters. The molecule has 21 heavy (non-hydrogen) atoms. The van der Waals surface area contributed by atoms with Crippen molar-refractivity contribution in [3.8, 4) is 0 Å². The SMILES string of the molecule is CCOCCN(CCOCC)Cc1occc1C(=O)NN. The van der Waals surface area contributed by atoms with Gasteiger partial charge in [0, 0.05) is 26.3 Å². The number of rotatable bonds is 11. The van der Waals surface area contributed by atoms with E-state index in [1.165, 1.54) is 6.26 Å². The van der Waals surface area contributed by atoms with E-state index in [4.69, 9.17) is 19.7 Å². The summed E-state index contributed by atoms with van der Waals surface area (Å²) in [7, 11) is 0. The lowest BCUT2D eigenvalue weighted by Gasteiger charge is -2.21. The molecule has 0 aliphatic carbocycles. The van der Waals surface area contributed by atoms with Crippen molar-refractivity contribution in [1.29, 1.82) is 0 Å². The van der Waals surface area contributed by atoms with Crippen molar-refractivity contribution in [2.75, 3.05) is 39.5 Å². The van der Waals surface area contributed by atoms with Crippen molar-refractivity contribution < 1.29 is 18.7 Å². The van der Waals surface area contributed by atoms with E-state index in [-0.39, 0.29) is 5.91 Å². The fourth-order valence-electron chi connectivity index (χ4n) is 1.89. The molecule has 0 aliphatic heterocycles. The zero-order valence-electron chi connectivity index (χ0n) is 12.8. The number of amides is 1. The standard InChI is InChI=1S/C14H25N3O4/c1-3-19-9-6-17(7-10-20-4-2)11-13-12(5-8-21-13)14(18)16-15/h5,8H,3-4,6-7,9-11,15H2,1-2H3,(H,16,18). The van der Waals surface area contributed by atoms with E-state index in [0.29, 0.717) is 44.3 Å². The second kappa shape index (κ2) is 10.3. The number of hydrogen-bond donors (Lipinski definition) is 2. The fourth-order valence-corrected chi connectivity index (χ4v) is 1.89. The normalized spacial score (nSPS) is 11.0. The highest BCUT2D eigenvalue weighted by atomic mass is 16.5. The molecule has 1 heterocycles. The summed E-state index contributed by atoms with van der Waals surface area (Å²) in [6.45, 7) is 8.53. The Kier molecular flexibility index (Phi) is 8.68. The molecule has 1 rings (SSSR count). The minimum Gasteiger partial charge on any atom is -0.467 e. The van der Waals surface area contributed by atoms with Crippen molar-refractivity contribution >= 4 is 5.91 Å². The van der Waals surface area contributed by atoms with Gasteiger partial charge >= 0.3 is 0 Å². The number of nitrogens with two attached hydrogens (primary N) is 1. The lowest BCUT2D eigenvalue weighted by Crippen LogP contribution is -2.33. The molecule has 7 nitrogen and oxygen atoms in total. The van der Waals surface area contributed by atoms with Crippen LogP contribution in [-0.4, -0.2) is 50.3 Å². The third kappa shape index (κ3) is 6.26. The number of ether oxygens (including phenoxy) is 2. The molecule has 0 spiro atoms. The summed E-state index contributed by atoms with van der Waals surface area (Å²) in [5.41, 5.74) is 2.57. The number of nitrogen functional groups attached to an aromatic ring is 1. The highest BCUT2D eigenvalue weighted by Gasteiger charge is 2.16. The van der Waals surface area contributed by atoms with Gasteiger partial charge in [0.25, 0.3) is 5.91 Å². The Hall–Kier alpha value is -1.41. The molecule has 1 aromatic heterocycles. The zero-order chi connectivity index (χ0) is 15.5. The molecule has 3 N–H and O–H groups in total. The van der Waals surface area contributed by atoms with Crippen LogP contribution in [0.1, 0.15) is 30.0 Å². The third-order valence-corrected chi connectivity index (χ3v) is 3.00. The third-order valence-electron chi connectivity index (χ3n) is 3.00. The van der Waals surface area contributed by atoms with Gasteiger partial charge in [-0.25, -0.2) is 5.84 Å². The van der Waals surface area contributed by atoms with Crippen LogP contribution >= 0.6 is 0 Å². The molecule has 1 aromatic rings. The highest BCUT2D eigenvalue weighted by Crippen LogP contribution is 2.13. The van der Waals surface area contributed by atoms with Gasteiger partial charge in [-0.15, -0.1) is 0 Å². The number of hydrogen-bond acceptors (Lipinski definition) is 6. The van der Waals surface area contributed by atoms with Gasteiger partial charge in [0.15, 0.2) is 0 Å². The minimum atomic E-state index is -0.353. The van der Waals surface area contributed by atoms with Crippen LogP contribution in [0.5, 0.6) is 0 Å². The molecule has 0 fully saturated rings. The number of carbonyl (C=O) groups is 1. The maximum atomic E-state index is 11.6. The maximum Gasteiger partial charge on any atom is 0.268 e. The molecule has 0 bridgehead atoms. The summed E-state index contributed by atoms with van der Waals surface area (Å²) >= 11 is 0. The topological polar surface area (TPSA) is 90.0 Å². The number of furan rings is 1. The second-order valence-electron chi connectivity index (χ2n) is 4.40. The predicted octanol–water partition coefficient (Wildman–Crippen LogP) is 0.758. The average Bonchev–Trinajstić information content (AvgIpc) is 2.95. The van der Waals surface area contributed by atoms with Crippen molar-refractivity contribution in [3.63, 3.8) is 0 Å². The zero-order valence-corrected chi connectivity index (χ0v) is 12.8. The number of nitrogens with zero attached hydrogens (tertiary/aromatic N) is 1. The first-order valence-electron chi connectivity index (χ1n) is 7.18. The number of hydrazine groups is 1. The Bertz CT molecular complexity index is 399. The summed E-state index contributed by atoms with van der Waals surface area (Å²) in [5, 5.41) is 0.